The molecule has 0 aliphatic rings. The highest BCUT2D eigenvalue weighted by Crippen LogP contribution is 2.32. The predicted octanol–water partition coefficient (Wildman–Crippen LogP) is 4.11. The molecule has 0 aliphatic carbocycles. The molecule has 0 bridgehead atoms. The average molecular weight is 304 g/mol. The fraction of sp³-hybridized carbons (Fsp3) is 1.00. The number of rotatable bonds is 15. The van der Waals surface area contributed by atoms with Crippen molar-refractivity contribution in [1.29, 1.82) is 0 Å². The molecule has 0 saturated carbocycles. The maximum Gasteiger partial charge on any atom is 0.285 e. The first-order valence-corrected chi connectivity index (χ1v) is 8.47. The van der Waals surface area contributed by atoms with Gasteiger partial charge in [-0.3, -0.25) is 0 Å². The minimum absolute atomic E-state index is 0.204. The molecule has 0 rings (SSSR count). The number of hydrogen-bond donors (Lipinski definition) is 1. The summed E-state index contributed by atoms with van der Waals surface area (Å²) in [5.74, 6) is -0.742. The number of ether oxygens (including phenoxy) is 3. The highest BCUT2D eigenvalue weighted by atomic mass is 16.9. The van der Waals surface area contributed by atoms with Gasteiger partial charge in [-0.25, -0.2) is 0 Å². The maximum absolute atomic E-state index is 8.96. The molecule has 0 saturated heterocycles. The lowest BCUT2D eigenvalue weighted by Gasteiger charge is -2.36. The van der Waals surface area contributed by atoms with E-state index in [0.717, 1.165) is 25.7 Å². The van der Waals surface area contributed by atoms with E-state index in [2.05, 4.69) is 6.92 Å². The lowest BCUT2D eigenvalue weighted by Crippen LogP contribution is -2.44. The third-order valence-corrected chi connectivity index (χ3v) is 4.22. The zero-order chi connectivity index (χ0) is 16.0. The molecule has 0 amide bonds. The molecule has 0 fully saturated rings. The quantitative estimate of drug-likeness (QED) is 0.365. The van der Waals surface area contributed by atoms with E-state index in [1.165, 1.54) is 38.5 Å². The number of hydrogen-bond acceptors (Lipinski definition) is 4. The molecule has 0 heterocycles. The van der Waals surface area contributed by atoms with Gasteiger partial charge in [-0.2, -0.15) is 0 Å². The molecule has 0 aromatic carbocycles. The van der Waals surface area contributed by atoms with Crippen molar-refractivity contribution in [2.75, 3.05) is 27.9 Å². The Morgan fingerprint density at radius 3 is 1.71 bits per heavy atom. The van der Waals surface area contributed by atoms with Crippen molar-refractivity contribution in [2.24, 2.45) is 5.92 Å². The van der Waals surface area contributed by atoms with Gasteiger partial charge in [0.25, 0.3) is 5.97 Å². The normalized spacial score (nSPS) is 13.6. The molecule has 21 heavy (non-hydrogen) atoms. The van der Waals surface area contributed by atoms with Crippen LogP contribution in [0, 0.1) is 5.92 Å². The Balaban J connectivity index is 4.30. The van der Waals surface area contributed by atoms with Crippen molar-refractivity contribution in [2.45, 2.75) is 77.1 Å². The van der Waals surface area contributed by atoms with Gasteiger partial charge in [-0.1, -0.05) is 51.9 Å². The summed E-state index contributed by atoms with van der Waals surface area (Å²) in [5, 5.41) is 8.96. The van der Waals surface area contributed by atoms with Gasteiger partial charge in [-0.05, 0) is 19.3 Å². The molecule has 4 nitrogen and oxygen atoms in total. The van der Waals surface area contributed by atoms with E-state index in [4.69, 9.17) is 19.3 Å². The molecule has 1 unspecified atom stereocenters. The van der Waals surface area contributed by atoms with Crippen LogP contribution in [0.1, 0.15) is 71.1 Å². The summed E-state index contributed by atoms with van der Waals surface area (Å²) in [6.45, 7) is 2.48. The van der Waals surface area contributed by atoms with Crippen LogP contribution < -0.4 is 0 Å². The molecule has 0 aromatic heterocycles. The van der Waals surface area contributed by atoms with Crippen molar-refractivity contribution in [3.63, 3.8) is 0 Å². The monoisotopic (exact) mass is 304 g/mol. The largest absolute Gasteiger partial charge is 0.396 e. The van der Waals surface area contributed by atoms with E-state index < -0.39 is 5.97 Å². The molecule has 128 valence electrons. The highest BCUT2D eigenvalue weighted by molar-refractivity contribution is 4.71. The predicted molar refractivity (Wildman–Crippen MR) is 86.2 cm³/mol. The SMILES string of the molecule is CCCCCCCCC(CCCCO)C(OC)(OC)OC. The first kappa shape index (κ1) is 20.8. The van der Waals surface area contributed by atoms with Crippen LogP contribution in [0.2, 0.25) is 0 Å². The van der Waals surface area contributed by atoms with E-state index >= 15 is 0 Å². The van der Waals surface area contributed by atoms with Gasteiger partial charge in [0.1, 0.15) is 0 Å². The van der Waals surface area contributed by atoms with Crippen LogP contribution in [0.4, 0.5) is 0 Å². The van der Waals surface area contributed by atoms with Crippen molar-refractivity contribution in [3.8, 4) is 0 Å². The van der Waals surface area contributed by atoms with Crippen molar-refractivity contribution in [3.05, 3.63) is 0 Å². The van der Waals surface area contributed by atoms with E-state index in [0.29, 0.717) is 0 Å². The molecule has 0 aromatic rings. The topological polar surface area (TPSA) is 47.9 Å². The molecule has 0 radical (unpaired) electrons. The van der Waals surface area contributed by atoms with Crippen LogP contribution in [0.3, 0.4) is 0 Å². The number of aliphatic hydroxyl groups is 1. The molecule has 0 aliphatic heterocycles. The van der Waals surface area contributed by atoms with Gasteiger partial charge >= 0.3 is 0 Å². The van der Waals surface area contributed by atoms with Gasteiger partial charge in [0, 0.05) is 33.9 Å². The first-order valence-electron chi connectivity index (χ1n) is 8.47. The van der Waals surface area contributed by atoms with Crippen LogP contribution in [0.25, 0.3) is 0 Å². The summed E-state index contributed by atoms with van der Waals surface area (Å²) in [6, 6.07) is 0. The van der Waals surface area contributed by atoms with Crippen LogP contribution in [0.5, 0.6) is 0 Å². The smallest absolute Gasteiger partial charge is 0.285 e. The van der Waals surface area contributed by atoms with Gasteiger partial charge < -0.3 is 19.3 Å². The third-order valence-electron chi connectivity index (χ3n) is 4.22. The van der Waals surface area contributed by atoms with Gasteiger partial charge in [-0.15, -0.1) is 0 Å². The first-order chi connectivity index (χ1) is 10.2. The summed E-state index contributed by atoms with van der Waals surface area (Å²) in [5.41, 5.74) is 0. The maximum atomic E-state index is 8.96. The Labute approximate surface area is 131 Å². The lowest BCUT2D eigenvalue weighted by molar-refractivity contribution is -0.380. The van der Waals surface area contributed by atoms with E-state index in [1.54, 1.807) is 21.3 Å². The zero-order valence-corrected chi connectivity index (χ0v) is 14.5. The van der Waals surface area contributed by atoms with Gasteiger partial charge in [0.2, 0.25) is 0 Å². The summed E-state index contributed by atoms with van der Waals surface area (Å²) >= 11 is 0. The van der Waals surface area contributed by atoms with Gasteiger partial charge in [0.15, 0.2) is 0 Å². The van der Waals surface area contributed by atoms with E-state index in [-0.39, 0.29) is 12.5 Å². The zero-order valence-electron chi connectivity index (χ0n) is 14.5. The van der Waals surface area contributed by atoms with Crippen LogP contribution in [0.15, 0.2) is 0 Å². The molecule has 4 heteroatoms. The molecule has 1 N–H and O–H groups in total. The molecule has 1 atom stereocenters. The number of unbranched alkanes of at least 4 members (excludes halogenated alkanes) is 6. The van der Waals surface area contributed by atoms with Crippen molar-refractivity contribution < 1.29 is 19.3 Å². The third kappa shape index (κ3) is 8.15. The van der Waals surface area contributed by atoms with Gasteiger partial charge in [0.05, 0.1) is 0 Å². The standard InChI is InChI=1S/C17H36O4/c1-5-6-7-8-9-10-13-16(14-11-12-15-18)17(19-2,20-3)21-4/h16,18H,5-15H2,1-4H3. The lowest BCUT2D eigenvalue weighted by atomic mass is 9.92. The Bertz CT molecular complexity index is 209. The van der Waals surface area contributed by atoms with E-state index in [9.17, 15) is 0 Å². The van der Waals surface area contributed by atoms with E-state index in [1.807, 2.05) is 0 Å². The van der Waals surface area contributed by atoms with Crippen LogP contribution >= 0.6 is 0 Å². The second-order valence-corrected chi connectivity index (χ2v) is 5.69. The Kier molecular flexibility index (Phi) is 13.4. The summed E-state index contributed by atoms with van der Waals surface area (Å²) in [7, 11) is 4.90. The Morgan fingerprint density at radius 2 is 1.24 bits per heavy atom. The fourth-order valence-electron chi connectivity index (χ4n) is 2.92. The highest BCUT2D eigenvalue weighted by Gasteiger charge is 2.39. The fourth-order valence-corrected chi connectivity index (χ4v) is 2.92. The Hall–Kier alpha value is -0.160. The summed E-state index contributed by atoms with van der Waals surface area (Å²) in [4.78, 5) is 0. The second-order valence-electron chi connectivity index (χ2n) is 5.69. The average Bonchev–Trinajstić information content (AvgIpc) is 2.52. The number of aliphatic hydroxyl groups excluding tert-OH is 1. The Morgan fingerprint density at radius 1 is 0.762 bits per heavy atom. The van der Waals surface area contributed by atoms with Crippen molar-refractivity contribution in [1.82, 2.24) is 0 Å². The molecular weight excluding hydrogens is 268 g/mol. The van der Waals surface area contributed by atoms with Crippen molar-refractivity contribution >= 4 is 0 Å². The molecular formula is C17H36O4. The van der Waals surface area contributed by atoms with Crippen LogP contribution in [-0.4, -0.2) is 39.0 Å². The number of methoxy groups -OCH3 is 3. The minimum atomic E-state index is -0.946. The molecule has 0 spiro atoms. The van der Waals surface area contributed by atoms with Crippen LogP contribution in [-0.2, 0) is 14.2 Å². The summed E-state index contributed by atoms with van der Waals surface area (Å²) in [6.07, 6.45) is 11.4. The summed E-state index contributed by atoms with van der Waals surface area (Å²) < 4.78 is 16.6. The minimum Gasteiger partial charge on any atom is -0.396 e. The second kappa shape index (κ2) is 13.5.